The predicted molar refractivity (Wildman–Crippen MR) is 234 cm³/mol. The molecule has 0 aromatic carbocycles. The first-order chi connectivity index (χ1) is 34.3. The zero-order chi connectivity index (χ0) is 53.4. The maximum absolute atomic E-state index is 13.0. The Morgan fingerprint density at radius 3 is 0.931 bits per heavy atom. The second-order valence-electron chi connectivity index (χ2n) is 17.0. The molecule has 72 heavy (non-hydrogen) atoms. The van der Waals surface area contributed by atoms with Gasteiger partial charge in [0, 0.05) is 91.0 Å². The molecule has 27 nitrogen and oxygen atoms in total. The summed E-state index contributed by atoms with van der Waals surface area (Å²) in [6.07, 6.45) is -24.9. The van der Waals surface area contributed by atoms with Crippen LogP contribution >= 0.6 is 0 Å². The quantitative estimate of drug-likeness (QED) is 0.0776. The van der Waals surface area contributed by atoms with Crippen molar-refractivity contribution in [3.05, 3.63) is 0 Å². The summed E-state index contributed by atoms with van der Waals surface area (Å²) in [5.41, 5.74) is 0. The van der Waals surface area contributed by atoms with Crippen LogP contribution in [0.4, 0.5) is 0 Å². The van der Waals surface area contributed by atoms with Gasteiger partial charge in [-0.05, 0) is 6.92 Å². The summed E-state index contributed by atoms with van der Waals surface area (Å²) in [5.74, 6) is -3.66. The maximum atomic E-state index is 13.0. The lowest BCUT2D eigenvalue weighted by molar-refractivity contribution is -0.393. The number of ether oxygens (including phenoxy) is 20. The van der Waals surface area contributed by atoms with E-state index in [1.165, 1.54) is 91.5 Å². The van der Waals surface area contributed by atoms with Crippen LogP contribution in [-0.2, 0) is 124 Å². The van der Waals surface area contributed by atoms with Gasteiger partial charge in [0.25, 0.3) is 0 Å². The van der Waals surface area contributed by atoms with Crippen LogP contribution < -0.4 is 0 Å². The number of aliphatic hydroxyl groups is 1. The molecule has 0 amide bonds. The number of hydrogen-bond acceptors (Lipinski definition) is 27. The lowest BCUT2D eigenvalue weighted by Gasteiger charge is -2.51. The molecule has 4 heterocycles. The first kappa shape index (κ1) is 60.9. The number of aliphatic hydroxyl groups excluding tert-OH is 1. The molecule has 0 aromatic rings. The van der Waals surface area contributed by atoms with Gasteiger partial charge in [-0.2, -0.15) is 0 Å². The van der Waals surface area contributed by atoms with Gasteiger partial charge in [0.1, 0.15) is 124 Å². The zero-order valence-electron chi connectivity index (χ0n) is 42.9. The van der Waals surface area contributed by atoms with E-state index in [1.54, 1.807) is 0 Å². The Hall–Kier alpha value is -3.62. The maximum Gasteiger partial charge on any atom is 0.306 e. The molecule has 4 aliphatic rings. The molecule has 0 saturated carbocycles. The minimum absolute atomic E-state index is 0.0871. The Bertz CT molecular complexity index is 1740. The van der Waals surface area contributed by atoms with E-state index < -0.39 is 172 Å². The van der Waals surface area contributed by atoms with Gasteiger partial charge in [-0.3, -0.25) is 24.0 Å². The van der Waals surface area contributed by atoms with Crippen LogP contribution in [0.1, 0.15) is 47.5 Å². The van der Waals surface area contributed by atoms with E-state index in [-0.39, 0.29) is 25.2 Å². The fourth-order valence-electron chi connectivity index (χ4n) is 8.85. The van der Waals surface area contributed by atoms with Crippen molar-refractivity contribution in [3.63, 3.8) is 0 Å². The SMILES string of the molecule is CO[C@@H]1[C@@H](OC)[C@@H](O[C@H]2[C@H](OC)[C@@H](OC)[C@@H](O[C@H]3[C@H](OC)[C@@H](OC)[C@@H](O[C@H]4[C@H](OC)[C@@H](OC)C(O)O[C@@H]4COC(C)=O)O[C@@H]3COC(C)=O)O[C@@H]2COC(C)=O)O[C@H](COC(C)=O)[C@H]1OC(=O)CCC(C)=O. The summed E-state index contributed by atoms with van der Waals surface area (Å²) < 4.78 is 119. The Morgan fingerprint density at radius 1 is 0.361 bits per heavy atom. The summed E-state index contributed by atoms with van der Waals surface area (Å²) in [6, 6.07) is 0. The molecule has 4 rings (SSSR count). The highest BCUT2D eigenvalue weighted by atomic mass is 16.8. The van der Waals surface area contributed by atoms with E-state index in [4.69, 9.17) is 94.7 Å². The molecule has 1 N–H and O–H groups in total. The van der Waals surface area contributed by atoms with Gasteiger partial charge in [-0.15, -0.1) is 0 Å². The number of esters is 5. The number of methoxy groups -OCH3 is 8. The number of carbonyl (C=O) groups excluding carboxylic acids is 6. The fraction of sp³-hybridized carbons (Fsp3) is 0.867. The van der Waals surface area contributed by atoms with E-state index in [0.717, 1.165) is 0 Å². The second kappa shape index (κ2) is 29.5. The topological polar surface area (TPSA) is 307 Å². The van der Waals surface area contributed by atoms with Crippen LogP contribution in [0.3, 0.4) is 0 Å². The molecule has 4 saturated heterocycles. The molecule has 0 aromatic heterocycles. The molecule has 4 aliphatic heterocycles. The summed E-state index contributed by atoms with van der Waals surface area (Å²) in [7, 11) is 10.7. The molecule has 0 bridgehead atoms. The normalized spacial score (nSPS) is 37.0. The van der Waals surface area contributed by atoms with Gasteiger partial charge < -0.3 is 105 Å². The molecular weight excluding hydrogens is 972 g/mol. The van der Waals surface area contributed by atoms with Crippen molar-refractivity contribution in [3.8, 4) is 0 Å². The van der Waals surface area contributed by atoms with Crippen LogP contribution in [0, 0.1) is 0 Å². The number of carbonyl (C=O) groups is 6. The average Bonchev–Trinajstić information content (AvgIpc) is 3.33. The lowest BCUT2D eigenvalue weighted by atomic mass is 9.95. The van der Waals surface area contributed by atoms with Gasteiger partial charge in [0.15, 0.2) is 31.3 Å². The largest absolute Gasteiger partial charge is 0.463 e. The Labute approximate surface area is 417 Å². The smallest absolute Gasteiger partial charge is 0.306 e. The molecule has 1 unspecified atom stereocenters. The predicted octanol–water partition coefficient (Wildman–Crippen LogP) is -1.31. The molecule has 27 heteroatoms. The molecular formula is C45H72O27. The molecule has 20 atom stereocenters. The monoisotopic (exact) mass is 1040 g/mol. The number of rotatable bonds is 26. The van der Waals surface area contributed by atoms with Gasteiger partial charge in [0.2, 0.25) is 0 Å². The first-order valence-corrected chi connectivity index (χ1v) is 23.0. The van der Waals surface area contributed by atoms with Crippen LogP contribution in [0.2, 0.25) is 0 Å². The van der Waals surface area contributed by atoms with Crippen LogP contribution in [0.25, 0.3) is 0 Å². The van der Waals surface area contributed by atoms with Crippen molar-refractivity contribution in [1.29, 1.82) is 0 Å². The fourth-order valence-corrected chi connectivity index (χ4v) is 8.85. The summed E-state index contributed by atoms with van der Waals surface area (Å²) in [5, 5.41) is 10.8. The van der Waals surface area contributed by atoms with Gasteiger partial charge >= 0.3 is 29.8 Å². The van der Waals surface area contributed by atoms with E-state index in [2.05, 4.69) is 0 Å². The van der Waals surface area contributed by atoms with E-state index in [0.29, 0.717) is 0 Å². The van der Waals surface area contributed by atoms with Crippen LogP contribution in [-0.4, -0.2) is 247 Å². The molecule has 414 valence electrons. The van der Waals surface area contributed by atoms with Crippen molar-refractivity contribution in [2.24, 2.45) is 0 Å². The van der Waals surface area contributed by atoms with Crippen molar-refractivity contribution >= 4 is 35.6 Å². The van der Waals surface area contributed by atoms with Gasteiger partial charge in [-0.25, -0.2) is 0 Å². The van der Waals surface area contributed by atoms with Crippen molar-refractivity contribution in [2.45, 2.75) is 170 Å². The molecule has 0 spiro atoms. The Morgan fingerprint density at radius 2 is 0.639 bits per heavy atom. The molecule has 4 fully saturated rings. The number of ketones is 1. The van der Waals surface area contributed by atoms with E-state index in [9.17, 15) is 33.9 Å². The highest BCUT2D eigenvalue weighted by Gasteiger charge is 2.58. The van der Waals surface area contributed by atoms with Gasteiger partial charge in [-0.1, -0.05) is 0 Å². The third-order valence-electron chi connectivity index (χ3n) is 12.2. The number of Topliss-reactive ketones (excluding diaryl/α,β-unsaturated/α-hetero) is 1. The second-order valence-corrected chi connectivity index (χ2v) is 17.0. The Balaban J connectivity index is 1.71. The van der Waals surface area contributed by atoms with Crippen molar-refractivity contribution < 1.29 is 129 Å². The number of hydrogen-bond donors (Lipinski definition) is 1. The lowest BCUT2D eigenvalue weighted by Crippen LogP contribution is -2.68. The zero-order valence-corrected chi connectivity index (χ0v) is 42.9. The molecule has 0 aliphatic carbocycles. The summed E-state index contributed by atoms with van der Waals surface area (Å²) in [4.78, 5) is 73.2. The van der Waals surface area contributed by atoms with Crippen LogP contribution in [0.5, 0.6) is 0 Å². The van der Waals surface area contributed by atoms with E-state index >= 15 is 0 Å². The third kappa shape index (κ3) is 15.9. The average molecular weight is 1050 g/mol. The third-order valence-corrected chi connectivity index (χ3v) is 12.2. The highest BCUT2D eigenvalue weighted by molar-refractivity contribution is 5.81. The van der Waals surface area contributed by atoms with Gasteiger partial charge in [0.05, 0.1) is 6.42 Å². The summed E-state index contributed by atoms with van der Waals surface area (Å²) >= 11 is 0. The van der Waals surface area contributed by atoms with E-state index in [1.807, 2.05) is 0 Å². The summed E-state index contributed by atoms with van der Waals surface area (Å²) in [6.45, 7) is 4.36. The standard InChI is InChI=1S/C45H72O27/c1-20(46)14-15-29(51)69-30-26(17-62-22(3)48)66-43(39(58-11)35(30)54-7)71-32-28(19-64-24(5)50)68-45(41(60-13)37(32)56-9)72-33-27(18-63-23(4)49)67-44(40(59-12)36(33)55-8)70-31-25(16-61-21(2)47)65-42(52)38(57-10)34(31)53-6/h25-28,30-45,52H,14-19H2,1-13H3/t25-,26-,27-,28-,30-,31-,32-,33-,34+,35+,36+,37+,38-,39-,40-,41-,42?,43-,44-,45-/m1/s1. The van der Waals surface area contributed by atoms with Crippen molar-refractivity contribution in [2.75, 3.05) is 83.3 Å². The highest BCUT2D eigenvalue weighted by Crippen LogP contribution is 2.38. The minimum atomic E-state index is -1.51. The van der Waals surface area contributed by atoms with Crippen LogP contribution in [0.15, 0.2) is 0 Å². The first-order valence-electron chi connectivity index (χ1n) is 23.0. The molecule has 0 radical (unpaired) electrons. The minimum Gasteiger partial charge on any atom is -0.463 e. The van der Waals surface area contributed by atoms with Crippen molar-refractivity contribution in [1.82, 2.24) is 0 Å². The Kier molecular flexibility index (Phi) is 24.9.